The molecule has 0 spiro atoms. The predicted octanol–water partition coefficient (Wildman–Crippen LogP) is 1.83. The van der Waals surface area contributed by atoms with Crippen molar-refractivity contribution in [3.63, 3.8) is 0 Å². The van der Waals surface area contributed by atoms with E-state index in [1.807, 2.05) is 0 Å². The van der Waals surface area contributed by atoms with Crippen LogP contribution in [0.1, 0.15) is 24.4 Å². The van der Waals surface area contributed by atoms with Crippen LogP contribution < -0.4 is 20.5 Å². The van der Waals surface area contributed by atoms with Crippen molar-refractivity contribution >= 4 is 12.4 Å². The Kier molecular flexibility index (Phi) is 6.39. The third-order valence-corrected chi connectivity index (χ3v) is 3.78. The third kappa shape index (κ3) is 3.48. The average Bonchev–Trinajstić information content (AvgIpc) is 2.47. The Hall–Kier alpha value is -1.17. The van der Waals surface area contributed by atoms with Crippen LogP contribution >= 0.6 is 12.4 Å². The van der Waals surface area contributed by atoms with Crippen molar-refractivity contribution in [2.75, 3.05) is 27.3 Å². The van der Waals surface area contributed by atoms with Gasteiger partial charge in [-0.15, -0.1) is 12.4 Å². The zero-order chi connectivity index (χ0) is 13.8. The van der Waals surface area contributed by atoms with Gasteiger partial charge in [0.15, 0.2) is 11.5 Å². The van der Waals surface area contributed by atoms with Crippen LogP contribution in [-0.4, -0.2) is 32.4 Å². The summed E-state index contributed by atoms with van der Waals surface area (Å²) < 4.78 is 10.3. The summed E-state index contributed by atoms with van der Waals surface area (Å²) in [6, 6.07) is 3.53. The van der Waals surface area contributed by atoms with E-state index in [9.17, 15) is 5.11 Å². The van der Waals surface area contributed by atoms with Crippen LogP contribution in [0, 0.1) is 5.92 Å². The molecule has 0 saturated carbocycles. The van der Waals surface area contributed by atoms with Gasteiger partial charge in [0.1, 0.15) is 0 Å². The Morgan fingerprint density at radius 3 is 2.15 bits per heavy atom. The van der Waals surface area contributed by atoms with Crippen molar-refractivity contribution in [1.82, 2.24) is 5.32 Å². The SMILES string of the molecule is COc1cc([C@H](N)C2CCNCC2)cc(OC)c1O.Cl. The maximum absolute atomic E-state index is 9.90. The number of hydrogen-bond acceptors (Lipinski definition) is 5. The highest BCUT2D eigenvalue weighted by Crippen LogP contribution is 2.40. The lowest BCUT2D eigenvalue weighted by atomic mass is 9.86. The fourth-order valence-electron chi connectivity index (χ4n) is 2.58. The number of rotatable bonds is 4. The number of ether oxygens (including phenoxy) is 2. The number of piperidine rings is 1. The Morgan fingerprint density at radius 1 is 1.20 bits per heavy atom. The van der Waals surface area contributed by atoms with Gasteiger partial charge in [-0.2, -0.15) is 0 Å². The van der Waals surface area contributed by atoms with Crippen LogP contribution in [0.25, 0.3) is 0 Å². The number of nitrogens with one attached hydrogen (secondary N) is 1. The molecule has 1 fully saturated rings. The van der Waals surface area contributed by atoms with E-state index >= 15 is 0 Å². The maximum Gasteiger partial charge on any atom is 0.200 e. The molecular weight excluding hydrogens is 280 g/mol. The molecule has 0 unspecified atom stereocenters. The van der Waals surface area contributed by atoms with Crippen LogP contribution in [0.5, 0.6) is 17.2 Å². The van der Waals surface area contributed by atoms with Crippen molar-refractivity contribution in [1.29, 1.82) is 0 Å². The van der Waals surface area contributed by atoms with Crippen molar-refractivity contribution < 1.29 is 14.6 Å². The van der Waals surface area contributed by atoms with E-state index in [0.717, 1.165) is 31.5 Å². The molecule has 1 aromatic rings. The number of nitrogens with two attached hydrogens (primary N) is 1. The van der Waals surface area contributed by atoms with E-state index in [1.165, 1.54) is 14.2 Å². The smallest absolute Gasteiger partial charge is 0.200 e. The summed E-state index contributed by atoms with van der Waals surface area (Å²) in [6.07, 6.45) is 2.12. The third-order valence-electron chi connectivity index (χ3n) is 3.78. The summed E-state index contributed by atoms with van der Waals surface area (Å²) in [4.78, 5) is 0. The molecule has 1 aliphatic heterocycles. The van der Waals surface area contributed by atoms with Gasteiger partial charge in [-0.1, -0.05) is 0 Å². The van der Waals surface area contributed by atoms with E-state index in [2.05, 4.69) is 5.32 Å². The van der Waals surface area contributed by atoms with E-state index < -0.39 is 0 Å². The highest BCUT2D eigenvalue weighted by atomic mass is 35.5. The molecule has 1 aliphatic rings. The molecule has 0 bridgehead atoms. The number of benzene rings is 1. The van der Waals surface area contributed by atoms with Crippen molar-refractivity contribution in [3.8, 4) is 17.2 Å². The minimum Gasteiger partial charge on any atom is -0.502 e. The quantitative estimate of drug-likeness (QED) is 0.791. The van der Waals surface area contributed by atoms with Crippen LogP contribution in [0.2, 0.25) is 0 Å². The Balaban J connectivity index is 0.00000200. The summed E-state index contributed by atoms with van der Waals surface area (Å²) in [5, 5.41) is 13.2. The number of phenolic OH excluding ortho intramolecular Hbond substituents is 1. The summed E-state index contributed by atoms with van der Waals surface area (Å²) in [6.45, 7) is 2.01. The summed E-state index contributed by atoms with van der Waals surface area (Å²) in [7, 11) is 3.04. The first-order valence-electron chi connectivity index (χ1n) is 6.58. The first-order valence-corrected chi connectivity index (χ1v) is 6.58. The van der Waals surface area contributed by atoms with Gasteiger partial charge in [0.25, 0.3) is 0 Å². The molecule has 1 aromatic carbocycles. The molecule has 6 heteroatoms. The van der Waals surface area contributed by atoms with Gasteiger partial charge in [-0.05, 0) is 49.5 Å². The number of methoxy groups -OCH3 is 2. The van der Waals surface area contributed by atoms with E-state index in [4.69, 9.17) is 15.2 Å². The fourth-order valence-corrected chi connectivity index (χ4v) is 2.58. The second-order valence-corrected chi connectivity index (χ2v) is 4.89. The van der Waals surface area contributed by atoms with Crippen molar-refractivity contribution in [3.05, 3.63) is 17.7 Å². The second kappa shape index (κ2) is 7.57. The normalized spacial score (nSPS) is 17.1. The Bertz CT molecular complexity index is 411. The highest BCUT2D eigenvalue weighted by molar-refractivity contribution is 5.85. The zero-order valence-electron chi connectivity index (χ0n) is 11.9. The molecule has 0 aromatic heterocycles. The number of phenols is 1. The summed E-state index contributed by atoms with van der Waals surface area (Å²) >= 11 is 0. The largest absolute Gasteiger partial charge is 0.502 e. The maximum atomic E-state index is 9.90. The molecule has 4 N–H and O–H groups in total. The van der Waals surface area contributed by atoms with Gasteiger partial charge in [0, 0.05) is 6.04 Å². The minimum absolute atomic E-state index is 0. The molecule has 114 valence electrons. The molecule has 1 saturated heterocycles. The van der Waals surface area contributed by atoms with Gasteiger partial charge in [0.05, 0.1) is 14.2 Å². The molecule has 0 aliphatic carbocycles. The number of halogens is 1. The molecule has 1 heterocycles. The zero-order valence-corrected chi connectivity index (χ0v) is 12.7. The Labute approximate surface area is 125 Å². The van der Waals surface area contributed by atoms with Crippen LogP contribution in [0.15, 0.2) is 12.1 Å². The molecular formula is C14H23ClN2O3. The lowest BCUT2D eigenvalue weighted by Crippen LogP contribution is -2.33. The Morgan fingerprint density at radius 2 is 1.70 bits per heavy atom. The molecule has 20 heavy (non-hydrogen) atoms. The van der Waals surface area contributed by atoms with Gasteiger partial charge >= 0.3 is 0 Å². The minimum atomic E-state index is -0.0644. The molecule has 2 rings (SSSR count). The monoisotopic (exact) mass is 302 g/mol. The van der Waals surface area contributed by atoms with Crippen LogP contribution in [0.4, 0.5) is 0 Å². The van der Waals surface area contributed by atoms with E-state index in [1.54, 1.807) is 12.1 Å². The lowest BCUT2D eigenvalue weighted by molar-refractivity contribution is 0.315. The van der Waals surface area contributed by atoms with Crippen LogP contribution in [0.3, 0.4) is 0 Å². The highest BCUT2D eigenvalue weighted by Gasteiger charge is 2.24. The van der Waals surface area contributed by atoms with Gasteiger partial charge in [-0.25, -0.2) is 0 Å². The summed E-state index contributed by atoms with van der Waals surface area (Å²) in [5.41, 5.74) is 7.29. The molecule has 0 radical (unpaired) electrons. The molecule has 1 atom stereocenters. The van der Waals surface area contributed by atoms with E-state index in [0.29, 0.717) is 17.4 Å². The fraction of sp³-hybridized carbons (Fsp3) is 0.571. The average molecular weight is 303 g/mol. The van der Waals surface area contributed by atoms with Crippen molar-refractivity contribution in [2.45, 2.75) is 18.9 Å². The van der Waals surface area contributed by atoms with Crippen molar-refractivity contribution in [2.24, 2.45) is 11.7 Å². The van der Waals surface area contributed by atoms with Crippen LogP contribution in [-0.2, 0) is 0 Å². The number of hydrogen-bond donors (Lipinski definition) is 3. The van der Waals surface area contributed by atoms with Gasteiger partial charge in [0.2, 0.25) is 5.75 Å². The van der Waals surface area contributed by atoms with Gasteiger partial charge in [-0.3, -0.25) is 0 Å². The lowest BCUT2D eigenvalue weighted by Gasteiger charge is -2.28. The topological polar surface area (TPSA) is 76.7 Å². The number of aromatic hydroxyl groups is 1. The molecule has 0 amide bonds. The first-order chi connectivity index (χ1) is 9.17. The van der Waals surface area contributed by atoms with E-state index in [-0.39, 0.29) is 24.2 Å². The summed E-state index contributed by atoms with van der Waals surface area (Å²) in [5.74, 6) is 1.27. The second-order valence-electron chi connectivity index (χ2n) is 4.89. The standard InChI is InChI=1S/C14H22N2O3.ClH/c1-18-11-7-10(8-12(19-2)14(11)17)13(15)9-3-5-16-6-4-9;/h7-9,13,16-17H,3-6,15H2,1-2H3;1H/t13-;/m1./s1. The molecule has 5 nitrogen and oxygen atoms in total. The van der Waals surface area contributed by atoms with Gasteiger partial charge < -0.3 is 25.6 Å². The first kappa shape index (κ1) is 16.9. The predicted molar refractivity (Wildman–Crippen MR) is 81.0 cm³/mol.